The molecule has 0 amide bonds. The first kappa shape index (κ1) is 18.0. The van der Waals surface area contributed by atoms with E-state index in [1.807, 2.05) is 72.9 Å². The SMILES string of the molecule is Sc1ccc(C2=CC3=NC2=CC2=NC(=CC4=NC(=CC5=NC(=C3)C=C5)C=C4)C=C2)cc1. The van der Waals surface area contributed by atoms with Crippen molar-refractivity contribution in [1.82, 2.24) is 0 Å². The van der Waals surface area contributed by atoms with E-state index in [-0.39, 0.29) is 0 Å². The van der Waals surface area contributed by atoms with Crippen molar-refractivity contribution >= 4 is 41.0 Å². The van der Waals surface area contributed by atoms with Crippen molar-refractivity contribution in [3.05, 3.63) is 119 Å². The first-order valence-electron chi connectivity index (χ1n) is 9.95. The Labute approximate surface area is 185 Å². The number of fused-ring (bicyclic) bond motifs is 4. The molecule has 0 atom stereocenters. The maximum Gasteiger partial charge on any atom is 0.0737 e. The number of hydrogen-bond donors (Lipinski definition) is 1. The second-order valence-electron chi connectivity index (χ2n) is 7.49. The Hall–Kier alpha value is -3.83. The van der Waals surface area contributed by atoms with Crippen LogP contribution in [0.5, 0.6) is 0 Å². The molecule has 0 radical (unpaired) electrons. The van der Waals surface area contributed by atoms with Crippen LogP contribution in [0.25, 0.3) is 5.57 Å². The van der Waals surface area contributed by atoms with Gasteiger partial charge in [0.05, 0.1) is 45.6 Å². The highest BCUT2D eigenvalue weighted by atomic mass is 32.1. The Morgan fingerprint density at radius 3 is 1.58 bits per heavy atom. The Kier molecular flexibility index (Phi) is 4.14. The lowest BCUT2D eigenvalue weighted by Crippen LogP contribution is -1.90. The van der Waals surface area contributed by atoms with Gasteiger partial charge >= 0.3 is 0 Å². The van der Waals surface area contributed by atoms with Gasteiger partial charge in [-0.05, 0) is 84.5 Å². The van der Waals surface area contributed by atoms with Crippen LogP contribution in [-0.4, -0.2) is 22.8 Å². The van der Waals surface area contributed by atoms with Crippen molar-refractivity contribution in [1.29, 1.82) is 0 Å². The smallest absolute Gasteiger partial charge is 0.0737 e. The van der Waals surface area contributed by atoms with Crippen LogP contribution in [0.4, 0.5) is 0 Å². The van der Waals surface area contributed by atoms with Crippen LogP contribution in [0.1, 0.15) is 5.56 Å². The van der Waals surface area contributed by atoms with E-state index in [4.69, 9.17) is 15.0 Å². The van der Waals surface area contributed by atoms with Gasteiger partial charge in [0.15, 0.2) is 0 Å². The number of benzene rings is 1. The lowest BCUT2D eigenvalue weighted by molar-refractivity contribution is 1.40. The molecule has 31 heavy (non-hydrogen) atoms. The van der Waals surface area contributed by atoms with E-state index in [0.29, 0.717) is 0 Å². The summed E-state index contributed by atoms with van der Waals surface area (Å²) >= 11 is 4.41. The van der Waals surface area contributed by atoms with Crippen LogP contribution in [0, 0.1) is 0 Å². The third kappa shape index (κ3) is 3.60. The highest BCUT2D eigenvalue weighted by Gasteiger charge is 2.18. The quantitative estimate of drug-likeness (QED) is 0.597. The first-order valence-corrected chi connectivity index (χ1v) is 10.4. The highest BCUT2D eigenvalue weighted by molar-refractivity contribution is 7.80. The molecule has 5 heteroatoms. The van der Waals surface area contributed by atoms with E-state index in [1.54, 1.807) is 0 Å². The summed E-state index contributed by atoms with van der Waals surface area (Å²) in [7, 11) is 0. The monoisotopic (exact) mass is 416 g/mol. The lowest BCUT2D eigenvalue weighted by atomic mass is 10.0. The minimum atomic E-state index is 0.861. The molecule has 0 N–H and O–H groups in total. The molecule has 1 aromatic carbocycles. The molecule has 5 heterocycles. The van der Waals surface area contributed by atoms with Gasteiger partial charge in [0, 0.05) is 10.5 Å². The zero-order valence-corrected chi connectivity index (χ0v) is 17.3. The fourth-order valence-corrected chi connectivity index (χ4v) is 3.92. The van der Waals surface area contributed by atoms with E-state index >= 15 is 0 Å². The predicted octanol–water partition coefficient (Wildman–Crippen LogP) is 5.39. The zero-order chi connectivity index (χ0) is 20.8. The molecule has 0 saturated carbocycles. The fraction of sp³-hybridized carbons (Fsp3) is 0. The molecule has 4 nitrogen and oxygen atoms in total. The van der Waals surface area contributed by atoms with Gasteiger partial charge in [-0.25, -0.2) is 20.0 Å². The number of nitrogens with zero attached hydrogens (tertiary/aromatic N) is 4. The summed E-state index contributed by atoms with van der Waals surface area (Å²) in [4.78, 5) is 19.9. The average molecular weight is 417 g/mol. The van der Waals surface area contributed by atoms with Crippen LogP contribution in [0.15, 0.2) is 139 Å². The largest absolute Gasteiger partial charge is 0.249 e. The number of hydrogen-bond acceptors (Lipinski definition) is 5. The predicted molar refractivity (Wildman–Crippen MR) is 131 cm³/mol. The molecule has 0 fully saturated rings. The van der Waals surface area contributed by atoms with Gasteiger partial charge in [-0.2, -0.15) is 0 Å². The molecule has 8 bridgehead atoms. The summed E-state index contributed by atoms with van der Waals surface area (Å²) in [6.07, 6.45) is 22.0. The maximum atomic E-state index is 4.87. The van der Waals surface area contributed by atoms with Gasteiger partial charge in [0.25, 0.3) is 0 Å². The number of thiol groups is 1. The standard InChI is InChI=1S/C26H16N4S/c31-24-9-1-16(2-10-24)25-14-23-13-21-6-5-19(28-21)11-17-3-4-18(27-17)12-20-7-8-22(29-20)15-26(25)30-23/h1-15,31H. The van der Waals surface area contributed by atoms with Gasteiger partial charge in [-0.3, -0.25) is 0 Å². The number of aliphatic imine (C=N–C) groups is 4. The van der Waals surface area contributed by atoms with Crippen molar-refractivity contribution in [2.45, 2.75) is 4.90 Å². The Balaban J connectivity index is 1.50. The van der Waals surface area contributed by atoms with Gasteiger partial charge in [-0.15, -0.1) is 12.6 Å². The molecule has 146 valence electrons. The molecule has 5 aliphatic rings. The Morgan fingerprint density at radius 2 is 1.00 bits per heavy atom. The summed E-state index contributed by atoms with van der Waals surface area (Å²) in [5, 5.41) is 0. The van der Waals surface area contributed by atoms with E-state index in [2.05, 4.69) is 35.8 Å². The second-order valence-corrected chi connectivity index (χ2v) is 8.01. The van der Waals surface area contributed by atoms with Crippen LogP contribution >= 0.6 is 12.6 Å². The van der Waals surface area contributed by atoms with Crippen LogP contribution in [0.2, 0.25) is 0 Å². The summed E-state index contributed by atoms with van der Waals surface area (Å²) in [5.41, 5.74) is 9.11. The van der Waals surface area contributed by atoms with Crippen molar-refractivity contribution in [2.24, 2.45) is 20.0 Å². The van der Waals surface area contributed by atoms with Gasteiger partial charge in [0.2, 0.25) is 0 Å². The average Bonchev–Trinajstić information content (AvgIpc) is 3.54. The zero-order valence-electron chi connectivity index (χ0n) is 16.4. The molecule has 0 aromatic heterocycles. The molecule has 0 saturated heterocycles. The minimum absolute atomic E-state index is 0.861. The Morgan fingerprint density at radius 1 is 0.484 bits per heavy atom. The van der Waals surface area contributed by atoms with Crippen molar-refractivity contribution in [3.63, 3.8) is 0 Å². The molecular formula is C26H16N4S. The summed E-state index contributed by atoms with van der Waals surface area (Å²) in [5.74, 6) is 0. The first-order chi connectivity index (χ1) is 15.2. The van der Waals surface area contributed by atoms with Crippen LogP contribution in [-0.2, 0) is 0 Å². The van der Waals surface area contributed by atoms with Crippen molar-refractivity contribution < 1.29 is 0 Å². The van der Waals surface area contributed by atoms with Gasteiger partial charge < -0.3 is 0 Å². The minimum Gasteiger partial charge on any atom is -0.249 e. The second kappa shape index (κ2) is 7.15. The van der Waals surface area contributed by atoms with Crippen LogP contribution < -0.4 is 0 Å². The van der Waals surface area contributed by atoms with Crippen molar-refractivity contribution in [2.75, 3.05) is 0 Å². The van der Waals surface area contributed by atoms with E-state index in [0.717, 1.165) is 61.7 Å². The molecule has 0 aliphatic carbocycles. The molecule has 0 unspecified atom stereocenters. The summed E-state index contributed by atoms with van der Waals surface area (Å²) in [6, 6.07) is 8.10. The summed E-state index contributed by atoms with van der Waals surface area (Å²) in [6.45, 7) is 0. The van der Waals surface area contributed by atoms with Gasteiger partial charge in [0.1, 0.15) is 0 Å². The summed E-state index contributed by atoms with van der Waals surface area (Å²) < 4.78 is 0. The molecule has 1 aromatic rings. The van der Waals surface area contributed by atoms with E-state index in [9.17, 15) is 0 Å². The topological polar surface area (TPSA) is 49.4 Å². The molecule has 5 aliphatic heterocycles. The third-order valence-corrected chi connectivity index (χ3v) is 5.52. The maximum absolute atomic E-state index is 4.87. The van der Waals surface area contributed by atoms with E-state index < -0.39 is 0 Å². The number of rotatable bonds is 1. The third-order valence-electron chi connectivity index (χ3n) is 5.22. The molecule has 6 rings (SSSR count). The van der Waals surface area contributed by atoms with Crippen LogP contribution in [0.3, 0.4) is 0 Å². The normalized spacial score (nSPS) is 20.5. The fourth-order valence-electron chi connectivity index (χ4n) is 3.77. The lowest BCUT2D eigenvalue weighted by Gasteiger charge is -2.04. The number of allylic oxidation sites excluding steroid dienone is 12. The molecule has 0 spiro atoms. The Bertz CT molecular complexity index is 1400. The molecular weight excluding hydrogens is 400 g/mol. The van der Waals surface area contributed by atoms with Gasteiger partial charge in [-0.1, -0.05) is 12.1 Å². The highest BCUT2D eigenvalue weighted by Crippen LogP contribution is 2.31. The van der Waals surface area contributed by atoms with Crippen molar-refractivity contribution in [3.8, 4) is 0 Å². The van der Waals surface area contributed by atoms with E-state index in [1.165, 1.54) is 0 Å².